The summed E-state index contributed by atoms with van der Waals surface area (Å²) in [7, 11) is 0. The molecular weight excluding hydrogens is 1110 g/mol. The van der Waals surface area contributed by atoms with E-state index < -0.39 is 0 Å². The second-order valence-electron chi connectivity index (χ2n) is 24.5. The van der Waals surface area contributed by atoms with E-state index in [1.54, 1.807) is 0 Å². The predicted octanol–water partition coefficient (Wildman–Crippen LogP) is 26.8. The van der Waals surface area contributed by atoms with Crippen molar-refractivity contribution in [3.63, 3.8) is 0 Å². The maximum atomic E-state index is 2.41. The Labute approximate surface area is 540 Å². The van der Waals surface area contributed by atoms with Crippen molar-refractivity contribution >= 4 is 86.2 Å². The molecule has 0 aromatic heterocycles. The predicted molar refractivity (Wildman–Crippen MR) is 401 cm³/mol. The van der Waals surface area contributed by atoms with Gasteiger partial charge in [0.1, 0.15) is 0 Å². The number of unbranched alkanes of at least 4 members (excludes halogenated alkanes) is 2. The van der Waals surface area contributed by atoms with Gasteiger partial charge in [-0.15, -0.1) is 0 Å². The van der Waals surface area contributed by atoms with Crippen LogP contribution in [0.4, 0.5) is 0 Å². The average molecular weight is 1180 g/mol. The second-order valence-corrected chi connectivity index (χ2v) is 24.5. The molecule has 17 rings (SSSR count). The highest BCUT2D eigenvalue weighted by molar-refractivity contribution is 6.24. The summed E-state index contributed by atoms with van der Waals surface area (Å²) in [5.41, 5.74) is 18.8. The van der Waals surface area contributed by atoms with Crippen LogP contribution in [0.5, 0.6) is 0 Å². The zero-order valence-corrected chi connectivity index (χ0v) is 52.4. The van der Waals surface area contributed by atoms with Gasteiger partial charge in [0.15, 0.2) is 0 Å². The van der Waals surface area contributed by atoms with Gasteiger partial charge in [-0.1, -0.05) is 336 Å². The van der Waals surface area contributed by atoms with E-state index in [1.807, 2.05) is 0 Å². The maximum absolute atomic E-state index is 2.41. The molecule has 0 unspecified atom stereocenters. The molecule has 0 fully saturated rings. The van der Waals surface area contributed by atoms with Gasteiger partial charge in [-0.05, 0) is 207 Å². The lowest BCUT2D eigenvalue weighted by atomic mass is 9.84. The lowest BCUT2D eigenvalue weighted by Crippen LogP contribution is -1.92. The summed E-state index contributed by atoms with van der Waals surface area (Å²) >= 11 is 0. The first kappa shape index (κ1) is 57.3. The summed E-state index contributed by atoms with van der Waals surface area (Å²) in [4.78, 5) is 0. The second kappa shape index (κ2) is 25.4. The van der Waals surface area contributed by atoms with Gasteiger partial charge in [-0.25, -0.2) is 0 Å². The molecule has 0 heterocycles. The largest absolute Gasteiger partial charge is 0.0654 e. The summed E-state index contributed by atoms with van der Waals surface area (Å²) in [5, 5.41) is 20.3. The molecule has 0 amide bonds. The monoisotopic (exact) mass is 1170 g/mol. The highest BCUT2D eigenvalue weighted by Gasteiger charge is 2.21. The van der Waals surface area contributed by atoms with Gasteiger partial charge in [0.25, 0.3) is 0 Å². The van der Waals surface area contributed by atoms with Crippen LogP contribution in [0, 0.1) is 6.92 Å². The van der Waals surface area contributed by atoms with Gasteiger partial charge >= 0.3 is 0 Å². The molecule has 17 aromatic carbocycles. The third-order valence-electron chi connectivity index (χ3n) is 18.6. The van der Waals surface area contributed by atoms with Gasteiger partial charge in [0, 0.05) is 0 Å². The third kappa shape index (κ3) is 11.2. The molecule has 0 saturated carbocycles. The first-order valence-corrected chi connectivity index (χ1v) is 32.6. The minimum Gasteiger partial charge on any atom is -0.0654 e. The molecule has 0 heteroatoms. The molecule has 0 aliphatic heterocycles. The summed E-state index contributed by atoms with van der Waals surface area (Å²) in [6.07, 6.45) is 4.08. The standard InChI is InChI=1S/C46H30.C41H28.C5H12/c1-2-10-31(11-3-1)34-18-20-35(21-19-34)38-26-27-43-44(30-38)46(40-25-23-33-13-5-7-15-37(33)29-40)42-17-9-8-16-41(42)45(43)39-24-22-32-12-4-6-14-36(32)28-39;1-27-14-16-30(17-15-27)33-22-23-38-39(26-33)41(35-21-19-29-9-3-5-11-32(29)25-35)37-13-7-6-12-36(37)40(38)34-20-18-28-8-2-4-10-31(28)24-34;1-3-5-4-2/h1-30H;2-26H,1H3;3-5H2,1-2H3. The highest BCUT2D eigenvalue weighted by atomic mass is 14.2. The molecular formula is C92H70. The number of rotatable bonds is 9. The van der Waals surface area contributed by atoms with Crippen molar-refractivity contribution in [3.05, 3.63) is 339 Å². The quantitative estimate of drug-likeness (QED) is 0.126. The van der Waals surface area contributed by atoms with Gasteiger partial charge < -0.3 is 0 Å². The summed E-state index contributed by atoms with van der Waals surface area (Å²) in [5.74, 6) is 0. The molecule has 0 nitrogen and oxygen atoms in total. The average Bonchev–Trinajstić information content (AvgIpc) is 0.757. The minimum atomic E-state index is 1.21. The fraction of sp³-hybridized carbons (Fsp3) is 0.0652. The summed E-state index contributed by atoms with van der Waals surface area (Å²) < 4.78 is 0. The molecule has 0 aliphatic rings. The van der Waals surface area contributed by atoms with Crippen LogP contribution in [0.2, 0.25) is 0 Å². The Morgan fingerprint density at radius 1 is 0.174 bits per heavy atom. The summed E-state index contributed by atoms with van der Waals surface area (Å²) in [6, 6.07) is 123. The molecule has 92 heavy (non-hydrogen) atoms. The number of aryl methyl sites for hydroxylation is 1. The van der Waals surface area contributed by atoms with Crippen LogP contribution in [0.15, 0.2) is 334 Å². The van der Waals surface area contributed by atoms with Crippen molar-refractivity contribution in [2.45, 2.75) is 40.0 Å². The van der Waals surface area contributed by atoms with Crippen LogP contribution in [0.3, 0.4) is 0 Å². The van der Waals surface area contributed by atoms with Crippen LogP contribution in [-0.2, 0) is 0 Å². The Balaban J connectivity index is 0.000000143. The SMILES string of the molecule is CCCCC.Cc1ccc(-c2ccc3c(-c4ccc5ccccc5c4)c4ccccc4c(-c4ccc5ccccc5c4)c3c2)cc1.c1ccc(-c2ccc(-c3ccc4c(-c5ccc6ccccc6c5)c5ccccc5c(-c5ccc6ccccc6c5)c4c3)cc2)cc1. The van der Waals surface area contributed by atoms with Crippen molar-refractivity contribution in [3.8, 4) is 77.9 Å². The van der Waals surface area contributed by atoms with Crippen molar-refractivity contribution in [1.29, 1.82) is 0 Å². The maximum Gasteiger partial charge on any atom is -0.00259 e. The highest BCUT2D eigenvalue weighted by Crippen LogP contribution is 2.48. The van der Waals surface area contributed by atoms with E-state index >= 15 is 0 Å². The molecule has 17 aromatic rings. The Morgan fingerprint density at radius 2 is 0.413 bits per heavy atom. The van der Waals surface area contributed by atoms with Crippen LogP contribution in [-0.4, -0.2) is 0 Å². The molecule has 438 valence electrons. The topological polar surface area (TPSA) is 0 Å². The first-order valence-electron chi connectivity index (χ1n) is 32.6. The van der Waals surface area contributed by atoms with Crippen molar-refractivity contribution < 1.29 is 0 Å². The van der Waals surface area contributed by atoms with Gasteiger partial charge in [0.2, 0.25) is 0 Å². The first-order chi connectivity index (χ1) is 45.4. The number of benzene rings is 17. The Kier molecular flexibility index (Phi) is 15.8. The molecule has 0 spiro atoms. The number of hydrogen-bond donors (Lipinski definition) is 0. The Morgan fingerprint density at radius 3 is 0.739 bits per heavy atom. The lowest BCUT2D eigenvalue weighted by molar-refractivity contribution is 0.772. The van der Waals surface area contributed by atoms with Crippen molar-refractivity contribution in [1.82, 2.24) is 0 Å². The van der Waals surface area contributed by atoms with Crippen LogP contribution < -0.4 is 0 Å². The van der Waals surface area contributed by atoms with Crippen LogP contribution in [0.1, 0.15) is 38.7 Å². The van der Waals surface area contributed by atoms with Gasteiger partial charge in [-0.2, -0.15) is 0 Å². The zero-order valence-electron chi connectivity index (χ0n) is 52.4. The van der Waals surface area contributed by atoms with E-state index in [2.05, 4.69) is 354 Å². The van der Waals surface area contributed by atoms with E-state index in [4.69, 9.17) is 0 Å². The van der Waals surface area contributed by atoms with Crippen LogP contribution >= 0.6 is 0 Å². The Hall–Kier alpha value is -11.2. The van der Waals surface area contributed by atoms with E-state index in [0.717, 1.165) is 0 Å². The lowest BCUT2D eigenvalue weighted by Gasteiger charge is -2.19. The zero-order chi connectivity index (χ0) is 61.9. The van der Waals surface area contributed by atoms with Crippen LogP contribution in [0.25, 0.3) is 164 Å². The molecule has 0 radical (unpaired) electrons. The van der Waals surface area contributed by atoms with Crippen molar-refractivity contribution in [2.24, 2.45) is 0 Å². The summed E-state index contributed by atoms with van der Waals surface area (Å²) in [6.45, 7) is 6.57. The molecule has 0 atom stereocenters. The normalized spacial score (nSPS) is 11.3. The fourth-order valence-electron chi connectivity index (χ4n) is 13.9. The fourth-order valence-corrected chi connectivity index (χ4v) is 13.9. The molecule has 0 bridgehead atoms. The van der Waals surface area contributed by atoms with E-state index in [-0.39, 0.29) is 0 Å². The van der Waals surface area contributed by atoms with E-state index in [9.17, 15) is 0 Å². The number of fused-ring (bicyclic) bond motifs is 8. The van der Waals surface area contributed by atoms with Crippen molar-refractivity contribution in [2.75, 3.05) is 0 Å². The molecule has 0 N–H and O–H groups in total. The Bertz CT molecular complexity index is 5550. The van der Waals surface area contributed by atoms with E-state index in [0.29, 0.717) is 0 Å². The van der Waals surface area contributed by atoms with Gasteiger partial charge in [0.05, 0.1) is 0 Å². The van der Waals surface area contributed by atoms with Gasteiger partial charge in [-0.3, -0.25) is 0 Å². The molecule has 0 saturated heterocycles. The minimum absolute atomic E-state index is 1.21. The molecule has 0 aliphatic carbocycles. The third-order valence-corrected chi connectivity index (χ3v) is 18.6. The van der Waals surface area contributed by atoms with E-state index in [1.165, 1.54) is 189 Å². The smallest absolute Gasteiger partial charge is 0.00259 e. The number of hydrogen-bond acceptors (Lipinski definition) is 0.